The number of fused-ring (bicyclic) bond motifs is 1. The number of anilines is 1. The second kappa shape index (κ2) is 9.62. The Labute approximate surface area is 190 Å². The Morgan fingerprint density at radius 2 is 1.84 bits per heavy atom. The van der Waals surface area contributed by atoms with Crippen molar-refractivity contribution >= 4 is 29.1 Å². The van der Waals surface area contributed by atoms with E-state index in [9.17, 15) is 9.59 Å². The number of halogens is 1. The van der Waals surface area contributed by atoms with Crippen molar-refractivity contribution in [3.63, 3.8) is 0 Å². The third-order valence-corrected chi connectivity index (χ3v) is 5.26. The van der Waals surface area contributed by atoms with Crippen LogP contribution in [0.1, 0.15) is 21.5 Å². The smallest absolute Gasteiger partial charge is 0.262 e. The Morgan fingerprint density at radius 3 is 2.69 bits per heavy atom. The molecule has 0 bridgehead atoms. The molecule has 2 amide bonds. The fraction of sp³-hybridized carbons (Fsp3) is 0.167. The van der Waals surface area contributed by atoms with E-state index in [1.165, 1.54) is 0 Å². The van der Waals surface area contributed by atoms with E-state index in [1.54, 1.807) is 48.5 Å². The number of hydrogen-bond acceptors (Lipinski definition) is 5. The first-order chi connectivity index (χ1) is 15.5. The summed E-state index contributed by atoms with van der Waals surface area (Å²) in [5, 5.41) is 6.22. The predicted molar refractivity (Wildman–Crippen MR) is 120 cm³/mol. The van der Waals surface area contributed by atoms with Gasteiger partial charge in [-0.05, 0) is 60.5 Å². The lowest BCUT2D eigenvalue weighted by atomic mass is 10.1. The lowest BCUT2D eigenvalue weighted by Gasteiger charge is -2.12. The first-order valence-corrected chi connectivity index (χ1v) is 10.3. The molecular formula is C24H21ClN2O5. The zero-order valence-corrected chi connectivity index (χ0v) is 18.1. The third kappa shape index (κ3) is 5.12. The minimum absolute atomic E-state index is 0.194. The molecule has 2 N–H and O–H groups in total. The highest BCUT2D eigenvalue weighted by molar-refractivity contribution is 6.31. The summed E-state index contributed by atoms with van der Waals surface area (Å²) in [6, 6.07) is 17.4. The highest BCUT2D eigenvalue weighted by Gasteiger charge is 2.16. The summed E-state index contributed by atoms with van der Waals surface area (Å²) < 4.78 is 16.2. The Hall–Kier alpha value is -3.71. The molecule has 1 heterocycles. The molecule has 1 aliphatic heterocycles. The maximum atomic E-state index is 12.7. The van der Waals surface area contributed by atoms with Crippen LogP contribution in [0.4, 0.5) is 5.69 Å². The molecule has 3 aromatic carbocycles. The van der Waals surface area contributed by atoms with Crippen molar-refractivity contribution < 1.29 is 23.8 Å². The Kier molecular flexibility index (Phi) is 6.47. The van der Waals surface area contributed by atoms with Gasteiger partial charge in [-0.2, -0.15) is 0 Å². The van der Waals surface area contributed by atoms with Crippen LogP contribution in [0, 0.1) is 6.92 Å². The number of para-hydroxylation sites is 1. The fourth-order valence-corrected chi connectivity index (χ4v) is 3.28. The van der Waals surface area contributed by atoms with Crippen LogP contribution in [0.25, 0.3) is 0 Å². The third-order valence-electron chi connectivity index (χ3n) is 4.84. The normalized spacial score (nSPS) is 11.7. The Bertz CT molecular complexity index is 1160. The van der Waals surface area contributed by atoms with Gasteiger partial charge in [-0.15, -0.1) is 0 Å². The summed E-state index contributed by atoms with van der Waals surface area (Å²) in [5.41, 5.74) is 2.48. The highest BCUT2D eigenvalue weighted by atomic mass is 35.5. The van der Waals surface area contributed by atoms with E-state index in [1.807, 2.05) is 19.1 Å². The standard InChI is InChI=1S/C24H21ClN2O5/c1-15-10-17(7-8-19(15)25)30-13-23(28)27-20-5-3-2-4-18(20)24(29)26-12-16-6-9-21-22(11-16)32-14-31-21/h2-11H,12-14H2,1H3,(H,26,29)(H,27,28). The van der Waals surface area contributed by atoms with Gasteiger partial charge in [-0.3, -0.25) is 9.59 Å². The molecule has 164 valence electrons. The van der Waals surface area contributed by atoms with Gasteiger partial charge in [0.1, 0.15) is 5.75 Å². The number of carbonyl (C=O) groups is 2. The van der Waals surface area contributed by atoms with Crippen LogP contribution in [0.5, 0.6) is 17.2 Å². The van der Waals surface area contributed by atoms with Crippen molar-refractivity contribution in [3.05, 3.63) is 82.4 Å². The molecule has 3 aromatic rings. The molecule has 8 heteroatoms. The van der Waals surface area contributed by atoms with Crippen LogP contribution >= 0.6 is 11.6 Å². The zero-order chi connectivity index (χ0) is 22.5. The number of rotatable bonds is 7. The van der Waals surface area contributed by atoms with Gasteiger partial charge in [-0.25, -0.2) is 0 Å². The number of nitrogens with one attached hydrogen (secondary N) is 2. The average molecular weight is 453 g/mol. The molecule has 1 aliphatic rings. The Balaban J connectivity index is 1.35. The van der Waals surface area contributed by atoms with E-state index in [-0.39, 0.29) is 25.2 Å². The minimum atomic E-state index is -0.381. The summed E-state index contributed by atoms with van der Waals surface area (Å²) in [6.45, 7) is 2.15. The Morgan fingerprint density at radius 1 is 1.03 bits per heavy atom. The summed E-state index contributed by atoms with van der Waals surface area (Å²) in [6.07, 6.45) is 0. The number of carbonyl (C=O) groups excluding carboxylic acids is 2. The van der Waals surface area contributed by atoms with Crippen LogP contribution in [0.3, 0.4) is 0 Å². The maximum absolute atomic E-state index is 12.7. The number of benzene rings is 3. The number of aryl methyl sites for hydroxylation is 1. The largest absolute Gasteiger partial charge is 0.484 e. The van der Waals surface area contributed by atoms with Gasteiger partial charge in [0.15, 0.2) is 18.1 Å². The van der Waals surface area contributed by atoms with Crippen molar-refractivity contribution in [1.82, 2.24) is 5.32 Å². The second-order valence-corrected chi connectivity index (χ2v) is 7.57. The van der Waals surface area contributed by atoms with Crippen LogP contribution in [0.15, 0.2) is 60.7 Å². The monoisotopic (exact) mass is 452 g/mol. The van der Waals surface area contributed by atoms with Gasteiger partial charge >= 0.3 is 0 Å². The molecule has 0 saturated heterocycles. The molecule has 0 saturated carbocycles. The summed E-state index contributed by atoms with van der Waals surface area (Å²) in [7, 11) is 0. The van der Waals surface area contributed by atoms with Gasteiger partial charge in [0.05, 0.1) is 11.3 Å². The lowest BCUT2D eigenvalue weighted by Crippen LogP contribution is -2.26. The number of amides is 2. The van der Waals surface area contributed by atoms with Crippen molar-refractivity contribution in [3.8, 4) is 17.2 Å². The first-order valence-electron chi connectivity index (χ1n) is 9.94. The van der Waals surface area contributed by atoms with E-state index < -0.39 is 0 Å². The van der Waals surface area contributed by atoms with Crippen molar-refractivity contribution in [1.29, 1.82) is 0 Å². The molecule has 0 aromatic heterocycles. The second-order valence-electron chi connectivity index (χ2n) is 7.16. The van der Waals surface area contributed by atoms with Gasteiger partial charge in [0.25, 0.3) is 11.8 Å². The minimum Gasteiger partial charge on any atom is -0.484 e. The quantitative estimate of drug-likeness (QED) is 0.557. The molecule has 7 nitrogen and oxygen atoms in total. The topological polar surface area (TPSA) is 85.9 Å². The van der Waals surface area contributed by atoms with E-state index in [2.05, 4.69) is 10.6 Å². The van der Waals surface area contributed by atoms with E-state index in [4.69, 9.17) is 25.8 Å². The van der Waals surface area contributed by atoms with Gasteiger partial charge in [-0.1, -0.05) is 29.8 Å². The predicted octanol–water partition coefficient (Wildman–Crippen LogP) is 4.32. The molecule has 0 aliphatic carbocycles. The van der Waals surface area contributed by atoms with Crippen molar-refractivity contribution in [2.45, 2.75) is 13.5 Å². The molecule has 0 fully saturated rings. The molecule has 0 radical (unpaired) electrons. The van der Waals surface area contributed by atoms with Gasteiger partial charge < -0.3 is 24.8 Å². The maximum Gasteiger partial charge on any atom is 0.262 e. The van der Waals surface area contributed by atoms with Crippen LogP contribution in [-0.2, 0) is 11.3 Å². The SMILES string of the molecule is Cc1cc(OCC(=O)Nc2ccccc2C(=O)NCc2ccc3c(c2)OCO3)ccc1Cl. The first kappa shape index (κ1) is 21.5. The van der Waals surface area contributed by atoms with E-state index >= 15 is 0 Å². The van der Waals surface area contributed by atoms with E-state index in [0.717, 1.165) is 11.1 Å². The van der Waals surface area contributed by atoms with Crippen LogP contribution in [-0.4, -0.2) is 25.2 Å². The van der Waals surface area contributed by atoms with Crippen LogP contribution in [0.2, 0.25) is 5.02 Å². The van der Waals surface area contributed by atoms with Crippen molar-refractivity contribution in [2.24, 2.45) is 0 Å². The molecule has 0 unspecified atom stereocenters. The fourth-order valence-electron chi connectivity index (χ4n) is 3.16. The van der Waals surface area contributed by atoms with Gasteiger partial charge in [0.2, 0.25) is 6.79 Å². The summed E-state index contributed by atoms with van der Waals surface area (Å²) >= 11 is 6.00. The molecule has 32 heavy (non-hydrogen) atoms. The molecule has 0 spiro atoms. The number of hydrogen-bond donors (Lipinski definition) is 2. The highest BCUT2D eigenvalue weighted by Crippen LogP contribution is 2.32. The van der Waals surface area contributed by atoms with Crippen LogP contribution < -0.4 is 24.8 Å². The summed E-state index contributed by atoms with van der Waals surface area (Å²) in [5.74, 6) is 1.18. The molecule has 0 atom stereocenters. The molecular weight excluding hydrogens is 432 g/mol. The average Bonchev–Trinajstić information content (AvgIpc) is 3.26. The zero-order valence-electron chi connectivity index (χ0n) is 17.3. The van der Waals surface area contributed by atoms with Crippen molar-refractivity contribution in [2.75, 3.05) is 18.7 Å². The van der Waals surface area contributed by atoms with E-state index in [0.29, 0.717) is 40.1 Å². The van der Waals surface area contributed by atoms with Gasteiger partial charge in [0, 0.05) is 11.6 Å². The molecule has 4 rings (SSSR count). The number of ether oxygens (including phenoxy) is 3. The lowest BCUT2D eigenvalue weighted by molar-refractivity contribution is -0.118. The summed E-state index contributed by atoms with van der Waals surface area (Å²) in [4.78, 5) is 25.1.